The first-order valence-corrected chi connectivity index (χ1v) is 9.45. The van der Waals surface area contributed by atoms with Crippen LogP contribution in [0.2, 0.25) is 19.6 Å². The van der Waals surface area contributed by atoms with Gasteiger partial charge in [0, 0.05) is 14.5 Å². The number of halogens is 2. The van der Waals surface area contributed by atoms with Crippen molar-refractivity contribution in [2.24, 2.45) is 0 Å². The molecular formula is C11H12Br2Si. The molecule has 0 unspecified atom stereocenters. The molecule has 74 valence electrons. The highest BCUT2D eigenvalue weighted by atomic mass is 79.9. The second-order valence-corrected chi connectivity index (χ2v) is 10.7. The molecule has 1 aromatic rings. The van der Waals surface area contributed by atoms with E-state index in [1.54, 1.807) is 0 Å². The van der Waals surface area contributed by atoms with E-state index in [-0.39, 0.29) is 0 Å². The lowest BCUT2D eigenvalue weighted by Crippen LogP contribution is -2.16. The van der Waals surface area contributed by atoms with E-state index >= 15 is 0 Å². The molecule has 0 heterocycles. The van der Waals surface area contributed by atoms with Gasteiger partial charge >= 0.3 is 0 Å². The molecule has 3 heteroatoms. The molecule has 0 atom stereocenters. The Morgan fingerprint density at radius 3 is 1.93 bits per heavy atom. The Kier molecular flexibility index (Phi) is 4.00. The van der Waals surface area contributed by atoms with Crippen LogP contribution in [0.1, 0.15) is 5.56 Å². The van der Waals surface area contributed by atoms with Crippen LogP contribution >= 0.6 is 31.9 Å². The van der Waals surface area contributed by atoms with Crippen molar-refractivity contribution in [1.29, 1.82) is 0 Å². The Labute approximate surface area is 103 Å². The lowest BCUT2D eigenvalue weighted by atomic mass is 10.2. The minimum Gasteiger partial charge on any atom is -0.127 e. The SMILES string of the molecule is C[Si](C)(C)C#Cc1cc(Br)cc(Br)c1. The van der Waals surface area contributed by atoms with Crippen LogP contribution in [-0.2, 0) is 0 Å². The van der Waals surface area contributed by atoms with Gasteiger partial charge in [0.1, 0.15) is 8.07 Å². The molecule has 14 heavy (non-hydrogen) atoms. The first-order valence-electron chi connectivity index (χ1n) is 4.36. The highest BCUT2D eigenvalue weighted by Crippen LogP contribution is 2.19. The van der Waals surface area contributed by atoms with Crippen molar-refractivity contribution >= 4 is 39.9 Å². The minimum absolute atomic E-state index is 1.06. The fourth-order valence-corrected chi connectivity index (χ4v) is 2.70. The van der Waals surface area contributed by atoms with Crippen LogP contribution in [0.15, 0.2) is 27.1 Å². The molecule has 1 aromatic carbocycles. The quantitative estimate of drug-likeness (QED) is 0.487. The molecule has 0 aliphatic rings. The van der Waals surface area contributed by atoms with Crippen LogP contribution in [0.4, 0.5) is 0 Å². The maximum atomic E-state index is 3.45. The van der Waals surface area contributed by atoms with Crippen LogP contribution in [0.3, 0.4) is 0 Å². The first-order chi connectivity index (χ1) is 6.37. The smallest absolute Gasteiger partial charge is 0.127 e. The molecule has 1 rings (SSSR count). The van der Waals surface area contributed by atoms with E-state index in [0.29, 0.717) is 0 Å². The Hall–Kier alpha value is -0.0431. The monoisotopic (exact) mass is 330 g/mol. The van der Waals surface area contributed by atoms with Gasteiger partial charge in [-0.25, -0.2) is 0 Å². The first kappa shape index (κ1) is 12.0. The van der Waals surface area contributed by atoms with Crippen molar-refractivity contribution in [2.75, 3.05) is 0 Å². The third-order valence-electron chi connectivity index (χ3n) is 1.44. The number of rotatable bonds is 0. The molecule has 0 aliphatic carbocycles. The lowest BCUT2D eigenvalue weighted by Gasteiger charge is -2.03. The van der Waals surface area contributed by atoms with Crippen molar-refractivity contribution < 1.29 is 0 Å². The van der Waals surface area contributed by atoms with E-state index in [4.69, 9.17) is 0 Å². The third kappa shape index (κ3) is 4.45. The number of hydrogen-bond acceptors (Lipinski definition) is 0. The minimum atomic E-state index is -1.27. The predicted molar refractivity (Wildman–Crippen MR) is 72.1 cm³/mol. The highest BCUT2D eigenvalue weighted by molar-refractivity contribution is 9.11. The Morgan fingerprint density at radius 2 is 1.50 bits per heavy atom. The van der Waals surface area contributed by atoms with Gasteiger partial charge in [-0.05, 0) is 18.2 Å². The molecule has 0 amide bonds. The summed E-state index contributed by atoms with van der Waals surface area (Å²) in [5.41, 5.74) is 4.40. The van der Waals surface area contributed by atoms with Crippen LogP contribution in [0.5, 0.6) is 0 Å². The molecule has 0 spiro atoms. The standard InChI is InChI=1S/C11H12Br2Si/c1-14(2,3)5-4-9-6-10(12)8-11(13)7-9/h6-8H,1-3H3. The van der Waals surface area contributed by atoms with Crippen molar-refractivity contribution in [3.63, 3.8) is 0 Å². The number of hydrogen-bond donors (Lipinski definition) is 0. The molecule has 0 radical (unpaired) electrons. The van der Waals surface area contributed by atoms with Gasteiger partial charge in [-0.3, -0.25) is 0 Å². The van der Waals surface area contributed by atoms with Gasteiger partial charge in [0.2, 0.25) is 0 Å². The van der Waals surface area contributed by atoms with Crippen molar-refractivity contribution in [3.05, 3.63) is 32.7 Å². The fourth-order valence-electron chi connectivity index (χ4n) is 0.886. The van der Waals surface area contributed by atoms with Crippen molar-refractivity contribution in [1.82, 2.24) is 0 Å². The summed E-state index contributed by atoms with van der Waals surface area (Å²) >= 11 is 6.89. The largest absolute Gasteiger partial charge is 0.129 e. The summed E-state index contributed by atoms with van der Waals surface area (Å²) in [4.78, 5) is 0. The summed E-state index contributed by atoms with van der Waals surface area (Å²) in [5, 5.41) is 0. The maximum absolute atomic E-state index is 3.45. The zero-order valence-corrected chi connectivity index (χ0v) is 12.7. The van der Waals surface area contributed by atoms with Crippen molar-refractivity contribution in [2.45, 2.75) is 19.6 Å². The van der Waals surface area contributed by atoms with E-state index < -0.39 is 8.07 Å². The van der Waals surface area contributed by atoms with Gasteiger partial charge in [0.05, 0.1) is 0 Å². The van der Waals surface area contributed by atoms with Gasteiger partial charge in [0.25, 0.3) is 0 Å². The molecule has 0 saturated heterocycles. The molecule has 0 nitrogen and oxygen atoms in total. The maximum Gasteiger partial charge on any atom is 0.129 e. The van der Waals surface area contributed by atoms with Crippen LogP contribution in [0.25, 0.3) is 0 Å². The summed E-state index contributed by atoms with van der Waals surface area (Å²) in [7, 11) is -1.27. The molecular weight excluding hydrogens is 320 g/mol. The molecule has 0 aromatic heterocycles. The third-order valence-corrected chi connectivity index (χ3v) is 3.24. The van der Waals surface area contributed by atoms with Gasteiger partial charge in [-0.15, -0.1) is 5.54 Å². The second-order valence-electron chi connectivity index (χ2n) is 4.16. The van der Waals surface area contributed by atoms with E-state index in [9.17, 15) is 0 Å². The van der Waals surface area contributed by atoms with Gasteiger partial charge < -0.3 is 0 Å². The molecule has 0 aliphatic heterocycles. The van der Waals surface area contributed by atoms with Gasteiger partial charge in [-0.2, -0.15) is 0 Å². The second kappa shape index (κ2) is 4.65. The Balaban J connectivity index is 3.02. The summed E-state index contributed by atoms with van der Waals surface area (Å²) in [5.74, 6) is 3.22. The molecule has 0 bridgehead atoms. The number of benzene rings is 1. The highest BCUT2D eigenvalue weighted by Gasteiger charge is 2.07. The molecule has 0 saturated carbocycles. The van der Waals surface area contributed by atoms with Crippen LogP contribution < -0.4 is 0 Å². The average molecular weight is 332 g/mol. The topological polar surface area (TPSA) is 0 Å². The molecule has 0 fully saturated rings. The van der Waals surface area contributed by atoms with Gasteiger partial charge in [-0.1, -0.05) is 57.4 Å². The van der Waals surface area contributed by atoms with E-state index in [1.165, 1.54) is 0 Å². The summed E-state index contributed by atoms with van der Waals surface area (Å²) in [6, 6.07) is 6.09. The zero-order chi connectivity index (χ0) is 10.8. The van der Waals surface area contributed by atoms with Gasteiger partial charge in [0.15, 0.2) is 0 Å². The summed E-state index contributed by atoms with van der Waals surface area (Å²) in [6.45, 7) is 6.73. The zero-order valence-electron chi connectivity index (χ0n) is 8.49. The summed E-state index contributed by atoms with van der Waals surface area (Å²) in [6.07, 6.45) is 0. The molecule has 0 N–H and O–H groups in total. The van der Waals surface area contributed by atoms with E-state index in [0.717, 1.165) is 14.5 Å². The van der Waals surface area contributed by atoms with Crippen LogP contribution in [0, 0.1) is 11.5 Å². The van der Waals surface area contributed by atoms with Crippen molar-refractivity contribution in [3.8, 4) is 11.5 Å². The normalized spacial score (nSPS) is 10.6. The summed E-state index contributed by atoms with van der Waals surface area (Å²) < 4.78 is 2.12. The average Bonchev–Trinajstić information content (AvgIpc) is 1.97. The Morgan fingerprint density at radius 1 is 1.00 bits per heavy atom. The Bertz CT molecular complexity index is 374. The van der Waals surface area contributed by atoms with Crippen LogP contribution in [-0.4, -0.2) is 8.07 Å². The van der Waals surface area contributed by atoms with E-state index in [1.807, 2.05) is 18.2 Å². The van der Waals surface area contributed by atoms with E-state index in [2.05, 4.69) is 63.0 Å². The fraction of sp³-hybridized carbons (Fsp3) is 0.273. The predicted octanol–water partition coefficient (Wildman–Crippen LogP) is 4.44. The lowest BCUT2D eigenvalue weighted by molar-refractivity contribution is 1.56.